The van der Waals surface area contributed by atoms with Gasteiger partial charge in [-0.1, -0.05) is 18.2 Å². The van der Waals surface area contributed by atoms with Crippen molar-refractivity contribution in [3.05, 3.63) is 71.9 Å². The van der Waals surface area contributed by atoms with Crippen molar-refractivity contribution >= 4 is 27.5 Å². The monoisotopic (exact) mass is 416 g/mol. The maximum Gasteiger partial charge on any atom is 0.215 e. The van der Waals surface area contributed by atoms with E-state index >= 15 is 0 Å². The fourth-order valence-corrected chi connectivity index (χ4v) is 3.72. The van der Waals surface area contributed by atoms with Crippen molar-refractivity contribution in [2.45, 2.75) is 12.7 Å². The van der Waals surface area contributed by atoms with Gasteiger partial charge in [-0.25, -0.2) is 32.5 Å². The number of nitrogens with zero attached hydrogens (tertiary/aromatic N) is 3. The molecule has 3 N–H and O–H groups in total. The van der Waals surface area contributed by atoms with E-state index in [1.54, 1.807) is 25.3 Å². The van der Waals surface area contributed by atoms with Gasteiger partial charge < -0.3 is 10.6 Å². The van der Waals surface area contributed by atoms with Gasteiger partial charge in [0.25, 0.3) is 0 Å². The number of aryl methyl sites for hydroxylation is 1. The Labute approximate surface area is 168 Å². The van der Waals surface area contributed by atoms with Gasteiger partial charge >= 0.3 is 0 Å². The highest BCUT2D eigenvalue weighted by Crippen LogP contribution is 2.15. The predicted molar refractivity (Wildman–Crippen MR) is 110 cm³/mol. The molecule has 0 saturated heterocycles. The molecule has 29 heavy (non-hydrogen) atoms. The summed E-state index contributed by atoms with van der Waals surface area (Å²) in [5.41, 5.74) is 0.391. The summed E-state index contributed by atoms with van der Waals surface area (Å²) in [7, 11) is -3.57. The Morgan fingerprint density at radius 3 is 2.55 bits per heavy atom. The van der Waals surface area contributed by atoms with E-state index < -0.39 is 15.8 Å². The molecular weight excluding hydrogens is 395 g/mol. The number of rotatable bonds is 9. The molecule has 152 valence electrons. The molecule has 0 bridgehead atoms. The van der Waals surface area contributed by atoms with Crippen LogP contribution in [0.15, 0.2) is 54.7 Å². The molecule has 1 aromatic carbocycles. The van der Waals surface area contributed by atoms with Crippen molar-refractivity contribution < 1.29 is 12.8 Å². The van der Waals surface area contributed by atoms with Crippen molar-refractivity contribution in [1.82, 2.24) is 19.7 Å². The third-order valence-electron chi connectivity index (χ3n) is 3.76. The van der Waals surface area contributed by atoms with Gasteiger partial charge in [0.05, 0.1) is 5.75 Å². The predicted octanol–water partition coefficient (Wildman–Crippen LogP) is 2.59. The fourth-order valence-electron chi connectivity index (χ4n) is 2.58. The molecule has 10 heteroatoms. The molecule has 0 aliphatic carbocycles. The van der Waals surface area contributed by atoms with Crippen LogP contribution in [0.25, 0.3) is 0 Å². The zero-order valence-corrected chi connectivity index (χ0v) is 16.6. The first-order chi connectivity index (χ1) is 13.9. The Bertz CT molecular complexity index is 1060. The van der Waals surface area contributed by atoms with Crippen LogP contribution in [0.3, 0.4) is 0 Å². The summed E-state index contributed by atoms with van der Waals surface area (Å²) < 4.78 is 39.9. The van der Waals surface area contributed by atoms with Crippen LogP contribution in [0.2, 0.25) is 0 Å². The van der Waals surface area contributed by atoms with E-state index in [1.807, 2.05) is 18.2 Å². The standard InChI is InChI=1S/C19H21FN6O2S/c1-14-24-18(12-19(25-14)26-17-7-2-3-8-21-17)22-9-10-23-29(27,28)13-15-5-4-6-16(20)11-15/h2-8,11-12,23H,9-10,13H2,1H3,(H2,21,22,24,25,26). The summed E-state index contributed by atoms with van der Waals surface area (Å²) >= 11 is 0. The number of sulfonamides is 1. The summed E-state index contributed by atoms with van der Waals surface area (Å²) in [5, 5.41) is 6.15. The van der Waals surface area contributed by atoms with Gasteiger partial charge in [-0.05, 0) is 36.8 Å². The number of hydrogen-bond donors (Lipinski definition) is 3. The lowest BCUT2D eigenvalue weighted by Gasteiger charge is -2.11. The molecule has 0 amide bonds. The molecule has 0 aliphatic heterocycles. The van der Waals surface area contributed by atoms with E-state index in [1.165, 1.54) is 18.2 Å². The molecule has 2 aromatic heterocycles. The summed E-state index contributed by atoms with van der Waals surface area (Å²) in [4.78, 5) is 12.8. The van der Waals surface area contributed by atoms with Gasteiger partial charge in [-0.15, -0.1) is 0 Å². The van der Waals surface area contributed by atoms with Crippen LogP contribution in [0.5, 0.6) is 0 Å². The number of halogens is 1. The van der Waals surface area contributed by atoms with Crippen LogP contribution in [-0.4, -0.2) is 36.5 Å². The average molecular weight is 416 g/mol. The molecule has 3 aromatic rings. The minimum Gasteiger partial charge on any atom is -0.369 e. The summed E-state index contributed by atoms with van der Waals surface area (Å²) in [5.74, 6) is 1.59. The molecule has 3 rings (SSSR count). The Morgan fingerprint density at radius 2 is 1.79 bits per heavy atom. The Kier molecular flexibility index (Phi) is 6.68. The molecule has 0 fully saturated rings. The van der Waals surface area contributed by atoms with Gasteiger partial charge in [-0.3, -0.25) is 0 Å². The smallest absolute Gasteiger partial charge is 0.215 e. The Hall–Kier alpha value is -3.11. The number of aromatic nitrogens is 3. The number of hydrogen-bond acceptors (Lipinski definition) is 7. The molecule has 0 saturated carbocycles. The third-order valence-corrected chi connectivity index (χ3v) is 5.12. The van der Waals surface area contributed by atoms with Gasteiger partial charge in [0.15, 0.2) is 0 Å². The number of pyridine rings is 1. The molecule has 0 unspecified atom stereocenters. The topological polar surface area (TPSA) is 109 Å². The minimum atomic E-state index is -3.57. The molecule has 2 heterocycles. The maximum absolute atomic E-state index is 13.2. The zero-order chi connectivity index (χ0) is 20.7. The average Bonchev–Trinajstić information content (AvgIpc) is 2.65. The molecule has 0 aliphatic rings. The normalized spacial score (nSPS) is 11.2. The number of anilines is 3. The van der Waals surface area contributed by atoms with Gasteiger partial charge in [-0.2, -0.15) is 0 Å². The van der Waals surface area contributed by atoms with E-state index in [4.69, 9.17) is 0 Å². The number of nitrogens with one attached hydrogen (secondary N) is 3. The third kappa shape index (κ3) is 6.77. The fraction of sp³-hybridized carbons (Fsp3) is 0.211. The van der Waals surface area contributed by atoms with Gasteiger partial charge in [0, 0.05) is 25.4 Å². The van der Waals surface area contributed by atoms with Crippen LogP contribution in [-0.2, 0) is 15.8 Å². The van der Waals surface area contributed by atoms with Crippen molar-refractivity contribution in [2.24, 2.45) is 0 Å². The highest BCUT2D eigenvalue weighted by atomic mass is 32.2. The Morgan fingerprint density at radius 1 is 0.966 bits per heavy atom. The molecule has 8 nitrogen and oxygen atoms in total. The van der Waals surface area contributed by atoms with Gasteiger partial charge in [0.2, 0.25) is 10.0 Å². The van der Waals surface area contributed by atoms with Crippen molar-refractivity contribution in [3.8, 4) is 0 Å². The van der Waals surface area contributed by atoms with Crippen molar-refractivity contribution in [3.63, 3.8) is 0 Å². The van der Waals surface area contributed by atoms with Gasteiger partial charge in [0.1, 0.15) is 29.1 Å². The highest BCUT2D eigenvalue weighted by Gasteiger charge is 2.11. The van der Waals surface area contributed by atoms with Crippen molar-refractivity contribution in [2.75, 3.05) is 23.7 Å². The molecule has 0 radical (unpaired) electrons. The van der Waals surface area contributed by atoms with Crippen LogP contribution < -0.4 is 15.4 Å². The summed E-state index contributed by atoms with van der Waals surface area (Å²) in [6.07, 6.45) is 1.67. The first-order valence-electron chi connectivity index (χ1n) is 8.89. The summed E-state index contributed by atoms with van der Waals surface area (Å²) in [6.45, 7) is 2.24. The van der Waals surface area contributed by atoms with Crippen LogP contribution in [0.4, 0.5) is 21.8 Å². The van der Waals surface area contributed by atoms with Crippen molar-refractivity contribution in [1.29, 1.82) is 0 Å². The number of benzene rings is 1. The van der Waals surface area contributed by atoms with E-state index in [-0.39, 0.29) is 12.3 Å². The lowest BCUT2D eigenvalue weighted by atomic mass is 10.2. The second-order valence-corrected chi connectivity index (χ2v) is 8.04. The quantitative estimate of drug-likeness (QED) is 0.460. The largest absolute Gasteiger partial charge is 0.369 e. The molecule has 0 spiro atoms. The van der Waals surface area contributed by atoms with E-state index in [0.717, 1.165) is 0 Å². The minimum absolute atomic E-state index is 0.156. The second kappa shape index (κ2) is 9.39. The second-order valence-electron chi connectivity index (χ2n) is 6.24. The maximum atomic E-state index is 13.2. The highest BCUT2D eigenvalue weighted by molar-refractivity contribution is 7.88. The molecule has 0 atom stereocenters. The first-order valence-corrected chi connectivity index (χ1v) is 10.5. The van der Waals surface area contributed by atoms with Crippen LogP contribution in [0.1, 0.15) is 11.4 Å². The zero-order valence-electron chi connectivity index (χ0n) is 15.8. The lowest BCUT2D eigenvalue weighted by Crippen LogP contribution is -2.30. The SMILES string of the molecule is Cc1nc(NCCNS(=O)(=O)Cc2cccc(F)c2)cc(Nc2ccccn2)n1. The van der Waals surface area contributed by atoms with Crippen LogP contribution in [0, 0.1) is 12.7 Å². The van der Waals surface area contributed by atoms with E-state index in [9.17, 15) is 12.8 Å². The van der Waals surface area contributed by atoms with E-state index in [0.29, 0.717) is 35.4 Å². The molecular formula is C19H21FN6O2S. The lowest BCUT2D eigenvalue weighted by molar-refractivity contribution is 0.581. The van der Waals surface area contributed by atoms with Crippen LogP contribution >= 0.6 is 0 Å². The Balaban J connectivity index is 1.52. The van der Waals surface area contributed by atoms with E-state index in [2.05, 4.69) is 30.3 Å². The summed E-state index contributed by atoms with van der Waals surface area (Å²) in [6, 6.07) is 12.7. The first kappa shape index (κ1) is 20.6.